The number of sulfonamides is 1. The second-order valence-corrected chi connectivity index (χ2v) is 7.44. The molecule has 0 amide bonds. The van der Waals surface area contributed by atoms with Crippen LogP contribution in [-0.4, -0.2) is 32.3 Å². The first-order chi connectivity index (χ1) is 11.2. The lowest BCUT2D eigenvalue weighted by atomic mass is 10.1. The molecule has 7 nitrogen and oxygen atoms in total. The van der Waals surface area contributed by atoms with Crippen molar-refractivity contribution in [3.63, 3.8) is 0 Å². The Morgan fingerprint density at radius 3 is 2.29 bits per heavy atom. The van der Waals surface area contributed by atoms with Gasteiger partial charge >= 0.3 is 0 Å². The predicted octanol–water partition coefficient (Wildman–Crippen LogP) is 2.77. The first-order valence-electron chi connectivity index (χ1n) is 7.20. The number of benzene rings is 2. The van der Waals surface area contributed by atoms with E-state index in [-0.39, 0.29) is 10.6 Å². The summed E-state index contributed by atoms with van der Waals surface area (Å²) in [5.74, 6) is 0. The van der Waals surface area contributed by atoms with Gasteiger partial charge in [-0.3, -0.25) is 14.8 Å². The van der Waals surface area contributed by atoms with Crippen LogP contribution in [0.5, 0.6) is 0 Å². The molecule has 128 valence electrons. The van der Waals surface area contributed by atoms with Gasteiger partial charge in [0.1, 0.15) is 0 Å². The zero-order valence-electron chi connectivity index (χ0n) is 13.7. The van der Waals surface area contributed by atoms with Crippen LogP contribution in [-0.2, 0) is 16.6 Å². The van der Waals surface area contributed by atoms with E-state index in [1.807, 2.05) is 38.1 Å². The Balaban J connectivity index is 2.33. The van der Waals surface area contributed by atoms with Gasteiger partial charge in [0.2, 0.25) is 0 Å². The largest absolute Gasteiger partial charge is 0.305 e. The van der Waals surface area contributed by atoms with Crippen LogP contribution < -0.4 is 4.72 Å². The number of nitrogens with zero attached hydrogens (tertiary/aromatic N) is 2. The molecular weight excluding hydrogens is 330 g/mol. The summed E-state index contributed by atoms with van der Waals surface area (Å²) in [7, 11) is -0.0186. The zero-order valence-corrected chi connectivity index (χ0v) is 14.5. The zero-order chi connectivity index (χ0) is 17.9. The average Bonchev–Trinajstić information content (AvgIpc) is 2.49. The Labute approximate surface area is 141 Å². The monoisotopic (exact) mass is 349 g/mol. The Bertz CT molecular complexity index is 846. The van der Waals surface area contributed by atoms with Crippen molar-refractivity contribution >= 4 is 21.4 Å². The van der Waals surface area contributed by atoms with Crippen LogP contribution in [0.3, 0.4) is 0 Å². The molecule has 2 aromatic rings. The number of nitro groups is 1. The first kappa shape index (κ1) is 17.9. The SMILES string of the molecule is Cc1ccc(NS(=O)(=O)c2ccc([N+](=O)[O-])cc2)c(CN(C)C)c1. The maximum atomic E-state index is 12.5. The normalized spacial score (nSPS) is 11.5. The fourth-order valence-electron chi connectivity index (χ4n) is 2.24. The number of nitrogens with one attached hydrogen (secondary N) is 1. The van der Waals surface area contributed by atoms with Gasteiger partial charge in [0.25, 0.3) is 15.7 Å². The molecule has 0 aliphatic carbocycles. The molecule has 0 bridgehead atoms. The summed E-state index contributed by atoms with van der Waals surface area (Å²) in [5.41, 5.74) is 2.22. The minimum atomic E-state index is -3.82. The van der Waals surface area contributed by atoms with E-state index in [4.69, 9.17) is 0 Å². The van der Waals surface area contributed by atoms with Crippen LogP contribution in [0.1, 0.15) is 11.1 Å². The van der Waals surface area contributed by atoms with Crippen LogP contribution in [0.2, 0.25) is 0 Å². The van der Waals surface area contributed by atoms with E-state index in [1.165, 1.54) is 24.3 Å². The molecular formula is C16H19N3O4S. The van der Waals surface area contributed by atoms with E-state index in [9.17, 15) is 18.5 Å². The van der Waals surface area contributed by atoms with Crippen LogP contribution in [0.15, 0.2) is 47.4 Å². The fourth-order valence-corrected chi connectivity index (χ4v) is 3.35. The summed E-state index contributed by atoms with van der Waals surface area (Å²) in [5, 5.41) is 10.7. The Morgan fingerprint density at radius 2 is 1.75 bits per heavy atom. The molecule has 0 saturated carbocycles. The molecule has 0 radical (unpaired) electrons. The lowest BCUT2D eigenvalue weighted by Crippen LogP contribution is -2.17. The molecule has 0 spiro atoms. The summed E-state index contributed by atoms with van der Waals surface area (Å²) in [4.78, 5) is 12.0. The van der Waals surface area contributed by atoms with Crippen molar-refractivity contribution in [1.82, 2.24) is 4.90 Å². The van der Waals surface area contributed by atoms with Gasteiger partial charge in [-0.15, -0.1) is 0 Å². The number of hydrogen-bond donors (Lipinski definition) is 1. The number of anilines is 1. The molecule has 0 heterocycles. The summed E-state index contributed by atoms with van der Waals surface area (Å²) in [6.07, 6.45) is 0. The van der Waals surface area contributed by atoms with Crippen molar-refractivity contribution in [2.24, 2.45) is 0 Å². The Morgan fingerprint density at radius 1 is 1.12 bits per heavy atom. The van der Waals surface area contributed by atoms with Crippen molar-refractivity contribution < 1.29 is 13.3 Å². The van der Waals surface area contributed by atoms with Crippen LogP contribution >= 0.6 is 0 Å². The molecule has 0 atom stereocenters. The highest BCUT2D eigenvalue weighted by atomic mass is 32.2. The average molecular weight is 349 g/mol. The number of aryl methyl sites for hydroxylation is 1. The van der Waals surface area contributed by atoms with Gasteiger partial charge in [0.15, 0.2) is 0 Å². The van der Waals surface area contributed by atoms with Gasteiger partial charge in [-0.2, -0.15) is 0 Å². The minimum absolute atomic E-state index is 0.0236. The van der Waals surface area contributed by atoms with Crippen molar-refractivity contribution in [1.29, 1.82) is 0 Å². The minimum Gasteiger partial charge on any atom is -0.305 e. The van der Waals surface area contributed by atoms with Gasteiger partial charge in [-0.05, 0) is 44.8 Å². The van der Waals surface area contributed by atoms with E-state index < -0.39 is 14.9 Å². The summed E-state index contributed by atoms with van der Waals surface area (Å²) >= 11 is 0. The lowest BCUT2D eigenvalue weighted by Gasteiger charge is -2.16. The van der Waals surface area contributed by atoms with Gasteiger partial charge in [0, 0.05) is 18.7 Å². The molecule has 8 heteroatoms. The van der Waals surface area contributed by atoms with Gasteiger partial charge in [0.05, 0.1) is 15.5 Å². The molecule has 1 N–H and O–H groups in total. The third-order valence-corrected chi connectivity index (χ3v) is 4.73. The van der Waals surface area contributed by atoms with Gasteiger partial charge in [-0.25, -0.2) is 8.42 Å². The molecule has 2 rings (SSSR count). The topological polar surface area (TPSA) is 92.5 Å². The molecule has 0 saturated heterocycles. The standard InChI is InChI=1S/C16H19N3O4S/c1-12-4-9-16(13(10-12)11-18(2)3)17-24(22,23)15-7-5-14(6-8-15)19(20)21/h4-10,17H,11H2,1-3H3. The summed E-state index contributed by atoms with van der Waals surface area (Å²) < 4.78 is 27.6. The third-order valence-electron chi connectivity index (χ3n) is 3.35. The molecule has 0 fully saturated rings. The lowest BCUT2D eigenvalue weighted by molar-refractivity contribution is -0.384. The van der Waals surface area contributed by atoms with Crippen LogP contribution in [0, 0.1) is 17.0 Å². The van der Waals surface area contributed by atoms with Crippen molar-refractivity contribution in [2.45, 2.75) is 18.4 Å². The molecule has 0 unspecified atom stereocenters. The van der Waals surface area contributed by atoms with Crippen molar-refractivity contribution in [3.8, 4) is 0 Å². The van der Waals surface area contributed by atoms with Crippen molar-refractivity contribution in [3.05, 3.63) is 63.7 Å². The van der Waals surface area contributed by atoms with Crippen molar-refractivity contribution in [2.75, 3.05) is 18.8 Å². The van der Waals surface area contributed by atoms with Crippen LogP contribution in [0.25, 0.3) is 0 Å². The highest BCUT2D eigenvalue weighted by Crippen LogP contribution is 2.23. The number of non-ortho nitro benzene ring substituents is 1. The van der Waals surface area contributed by atoms with Crippen LogP contribution in [0.4, 0.5) is 11.4 Å². The number of rotatable bonds is 6. The number of hydrogen-bond acceptors (Lipinski definition) is 5. The maximum absolute atomic E-state index is 12.5. The second-order valence-electron chi connectivity index (χ2n) is 5.75. The maximum Gasteiger partial charge on any atom is 0.269 e. The van der Waals surface area contributed by atoms with E-state index in [0.717, 1.165) is 11.1 Å². The predicted molar refractivity (Wildman–Crippen MR) is 92.5 cm³/mol. The molecule has 0 aliphatic rings. The van der Waals surface area contributed by atoms with E-state index >= 15 is 0 Å². The van der Waals surface area contributed by atoms with E-state index in [1.54, 1.807) is 6.07 Å². The van der Waals surface area contributed by atoms with Gasteiger partial charge < -0.3 is 4.90 Å². The molecule has 0 aliphatic heterocycles. The highest BCUT2D eigenvalue weighted by Gasteiger charge is 2.17. The highest BCUT2D eigenvalue weighted by molar-refractivity contribution is 7.92. The number of nitro benzene ring substituents is 1. The smallest absolute Gasteiger partial charge is 0.269 e. The Hall–Kier alpha value is -2.45. The van der Waals surface area contributed by atoms with E-state index in [0.29, 0.717) is 12.2 Å². The summed E-state index contributed by atoms with van der Waals surface area (Å²) in [6.45, 7) is 2.52. The molecule has 24 heavy (non-hydrogen) atoms. The first-order valence-corrected chi connectivity index (χ1v) is 8.69. The summed E-state index contributed by atoms with van der Waals surface area (Å²) in [6, 6.07) is 10.3. The molecule has 2 aromatic carbocycles. The quantitative estimate of drug-likeness (QED) is 0.639. The second kappa shape index (κ2) is 6.98. The molecule has 0 aromatic heterocycles. The Kier molecular flexibility index (Phi) is 5.20. The fraction of sp³-hybridized carbons (Fsp3) is 0.250. The third kappa shape index (κ3) is 4.30. The van der Waals surface area contributed by atoms with E-state index in [2.05, 4.69) is 4.72 Å². The van der Waals surface area contributed by atoms with Gasteiger partial charge in [-0.1, -0.05) is 17.7 Å².